The lowest BCUT2D eigenvalue weighted by molar-refractivity contribution is 0.0912. The number of rotatable bonds is 5. The van der Waals surface area contributed by atoms with E-state index in [1.807, 2.05) is 26.0 Å². The number of halogens is 3. The Morgan fingerprint density at radius 2 is 2.00 bits per heavy atom. The van der Waals surface area contributed by atoms with Gasteiger partial charge in [0.2, 0.25) is 0 Å². The quantitative estimate of drug-likeness (QED) is 0.793. The van der Waals surface area contributed by atoms with Crippen molar-refractivity contribution >= 4 is 45.0 Å². The smallest absolute Gasteiger partial charge is 0.252 e. The molecule has 0 unspecified atom stereocenters. The van der Waals surface area contributed by atoms with Crippen molar-refractivity contribution < 1.29 is 4.79 Å². The van der Waals surface area contributed by atoms with Crippen molar-refractivity contribution in [3.63, 3.8) is 0 Å². The van der Waals surface area contributed by atoms with E-state index in [1.165, 1.54) is 0 Å². The monoisotopic (exact) mass is 351 g/mol. The van der Waals surface area contributed by atoms with E-state index in [2.05, 4.69) is 21.2 Å². The Balaban J connectivity index is 2.98. The molecule has 0 aliphatic carbocycles. The zero-order valence-electron chi connectivity index (χ0n) is 10.4. The highest BCUT2D eigenvalue weighted by Crippen LogP contribution is 2.23. The van der Waals surface area contributed by atoms with Crippen LogP contribution in [-0.4, -0.2) is 23.2 Å². The average molecular weight is 353 g/mol. The number of amides is 1. The van der Waals surface area contributed by atoms with Gasteiger partial charge in [-0.3, -0.25) is 4.79 Å². The average Bonchev–Trinajstić information content (AvgIpc) is 2.39. The highest BCUT2D eigenvalue weighted by atomic mass is 79.9. The summed E-state index contributed by atoms with van der Waals surface area (Å²) < 4.78 is 0.802. The molecule has 0 spiro atoms. The summed E-state index contributed by atoms with van der Waals surface area (Å²) in [5, 5.41) is 2.93. The minimum Gasteiger partial charge on any atom is -0.344 e. The first-order valence-electron chi connectivity index (χ1n) is 5.69. The fourth-order valence-corrected chi connectivity index (χ4v) is 2.75. The Labute approximate surface area is 126 Å². The summed E-state index contributed by atoms with van der Waals surface area (Å²) in [6, 6.07) is 5.57. The van der Waals surface area contributed by atoms with Crippen LogP contribution in [0.3, 0.4) is 0 Å². The lowest BCUT2D eigenvalue weighted by Crippen LogP contribution is -2.51. The highest BCUT2D eigenvalue weighted by molar-refractivity contribution is 9.10. The molecule has 0 bridgehead atoms. The number of hydrogen-bond acceptors (Lipinski definition) is 1. The summed E-state index contributed by atoms with van der Waals surface area (Å²) >= 11 is 15.3. The van der Waals surface area contributed by atoms with E-state index >= 15 is 0 Å². The highest BCUT2D eigenvalue weighted by Gasteiger charge is 2.29. The SMILES string of the molecule is CCC(CCl)(CCl)NC(=O)c1cccc(C)c1Br. The van der Waals surface area contributed by atoms with Gasteiger partial charge in [-0.25, -0.2) is 0 Å². The van der Waals surface area contributed by atoms with Crippen LogP contribution in [0.4, 0.5) is 0 Å². The van der Waals surface area contributed by atoms with E-state index in [0.717, 1.165) is 10.0 Å². The van der Waals surface area contributed by atoms with Crippen molar-refractivity contribution in [3.8, 4) is 0 Å². The van der Waals surface area contributed by atoms with E-state index in [-0.39, 0.29) is 5.91 Å². The Morgan fingerprint density at radius 3 is 2.50 bits per heavy atom. The molecule has 0 saturated carbocycles. The summed E-state index contributed by atoms with van der Waals surface area (Å²) in [4.78, 5) is 12.3. The fraction of sp³-hybridized carbons (Fsp3) is 0.462. The summed E-state index contributed by atoms with van der Waals surface area (Å²) in [5.41, 5.74) is 1.06. The molecule has 1 amide bonds. The predicted molar refractivity (Wildman–Crippen MR) is 80.8 cm³/mol. The molecule has 0 atom stereocenters. The molecule has 0 heterocycles. The number of hydrogen-bond donors (Lipinski definition) is 1. The van der Waals surface area contributed by atoms with Gasteiger partial charge in [0.1, 0.15) is 0 Å². The van der Waals surface area contributed by atoms with Crippen LogP contribution in [0.25, 0.3) is 0 Å². The van der Waals surface area contributed by atoms with Crippen molar-refractivity contribution in [1.29, 1.82) is 0 Å². The van der Waals surface area contributed by atoms with Crippen LogP contribution >= 0.6 is 39.1 Å². The molecule has 0 aromatic heterocycles. The first kappa shape index (κ1) is 15.8. The van der Waals surface area contributed by atoms with Gasteiger partial charge in [-0.15, -0.1) is 23.2 Å². The molecule has 0 aliphatic rings. The van der Waals surface area contributed by atoms with Gasteiger partial charge in [0.15, 0.2) is 0 Å². The summed E-state index contributed by atoms with van der Waals surface area (Å²) in [7, 11) is 0. The van der Waals surface area contributed by atoms with Crippen molar-refractivity contribution in [1.82, 2.24) is 5.32 Å². The predicted octanol–water partition coefficient (Wildman–Crippen LogP) is 4.11. The summed E-state index contributed by atoms with van der Waals surface area (Å²) in [6.07, 6.45) is 0.690. The van der Waals surface area contributed by atoms with Crippen LogP contribution in [0.5, 0.6) is 0 Å². The molecule has 1 N–H and O–H groups in total. The Hall–Kier alpha value is -0.250. The molecular formula is C13H16BrCl2NO. The van der Waals surface area contributed by atoms with Gasteiger partial charge < -0.3 is 5.32 Å². The maximum atomic E-state index is 12.3. The number of nitrogens with one attached hydrogen (secondary N) is 1. The van der Waals surface area contributed by atoms with Gasteiger partial charge in [-0.05, 0) is 40.9 Å². The zero-order valence-corrected chi connectivity index (χ0v) is 13.5. The number of benzene rings is 1. The first-order chi connectivity index (χ1) is 8.49. The van der Waals surface area contributed by atoms with Crippen LogP contribution in [0.2, 0.25) is 0 Å². The molecule has 100 valence electrons. The second-order valence-electron chi connectivity index (χ2n) is 4.29. The Kier molecular flexibility index (Phi) is 5.96. The molecule has 2 nitrogen and oxygen atoms in total. The van der Waals surface area contributed by atoms with Gasteiger partial charge in [0.25, 0.3) is 5.91 Å². The third kappa shape index (κ3) is 3.40. The van der Waals surface area contributed by atoms with E-state index in [1.54, 1.807) is 6.07 Å². The molecular weight excluding hydrogens is 337 g/mol. The normalized spacial score (nSPS) is 11.4. The van der Waals surface area contributed by atoms with Crippen molar-refractivity contribution in [2.24, 2.45) is 0 Å². The van der Waals surface area contributed by atoms with E-state index in [4.69, 9.17) is 23.2 Å². The van der Waals surface area contributed by atoms with Crippen molar-refractivity contribution in [3.05, 3.63) is 33.8 Å². The molecule has 1 aromatic carbocycles. The fourth-order valence-electron chi connectivity index (χ4n) is 1.51. The largest absolute Gasteiger partial charge is 0.344 e. The minimum absolute atomic E-state index is 0.159. The van der Waals surface area contributed by atoms with E-state index in [0.29, 0.717) is 23.7 Å². The van der Waals surface area contributed by atoms with Crippen molar-refractivity contribution in [2.45, 2.75) is 25.8 Å². The van der Waals surface area contributed by atoms with E-state index in [9.17, 15) is 4.79 Å². The van der Waals surface area contributed by atoms with Crippen LogP contribution in [0.1, 0.15) is 29.3 Å². The molecule has 0 radical (unpaired) electrons. The number of alkyl halides is 2. The second-order valence-corrected chi connectivity index (χ2v) is 5.62. The molecule has 0 fully saturated rings. The Morgan fingerprint density at radius 1 is 1.39 bits per heavy atom. The van der Waals surface area contributed by atoms with Crippen LogP contribution in [0, 0.1) is 6.92 Å². The minimum atomic E-state index is -0.552. The lowest BCUT2D eigenvalue weighted by atomic mass is 10.0. The van der Waals surface area contributed by atoms with Crippen LogP contribution in [0.15, 0.2) is 22.7 Å². The molecule has 5 heteroatoms. The van der Waals surface area contributed by atoms with Gasteiger partial charge in [-0.2, -0.15) is 0 Å². The maximum absolute atomic E-state index is 12.3. The van der Waals surface area contributed by atoms with Gasteiger partial charge in [0, 0.05) is 16.2 Å². The number of carbonyl (C=O) groups excluding carboxylic acids is 1. The van der Waals surface area contributed by atoms with Gasteiger partial charge in [0.05, 0.1) is 11.1 Å². The lowest BCUT2D eigenvalue weighted by Gasteiger charge is -2.29. The Bertz CT molecular complexity index is 425. The van der Waals surface area contributed by atoms with Crippen molar-refractivity contribution in [2.75, 3.05) is 11.8 Å². The van der Waals surface area contributed by atoms with Crippen LogP contribution < -0.4 is 5.32 Å². The van der Waals surface area contributed by atoms with Gasteiger partial charge in [-0.1, -0.05) is 19.1 Å². The summed E-state index contributed by atoms with van der Waals surface area (Å²) in [6.45, 7) is 3.90. The topological polar surface area (TPSA) is 29.1 Å². The van der Waals surface area contributed by atoms with E-state index < -0.39 is 5.54 Å². The molecule has 18 heavy (non-hydrogen) atoms. The molecule has 0 aliphatic heterocycles. The molecule has 0 saturated heterocycles. The van der Waals surface area contributed by atoms with Crippen LogP contribution in [-0.2, 0) is 0 Å². The molecule has 1 rings (SSSR count). The molecule has 1 aromatic rings. The third-order valence-electron chi connectivity index (χ3n) is 3.00. The summed E-state index contributed by atoms with van der Waals surface area (Å²) in [5.74, 6) is 0.429. The number of aryl methyl sites for hydroxylation is 1. The maximum Gasteiger partial charge on any atom is 0.252 e. The third-order valence-corrected chi connectivity index (χ3v) is 5.08. The van der Waals surface area contributed by atoms with Gasteiger partial charge >= 0.3 is 0 Å². The number of carbonyl (C=O) groups is 1. The zero-order chi connectivity index (χ0) is 13.8. The first-order valence-corrected chi connectivity index (χ1v) is 7.55. The second kappa shape index (κ2) is 6.78. The standard InChI is InChI=1S/C13H16BrCl2NO/c1-3-13(7-15,8-16)17-12(18)10-6-4-5-9(2)11(10)14/h4-6H,3,7-8H2,1-2H3,(H,17,18).